The van der Waals surface area contributed by atoms with E-state index in [-0.39, 0.29) is 11.9 Å². The average molecular weight is 393 g/mol. The molecule has 0 heterocycles. The fourth-order valence-corrected chi connectivity index (χ4v) is 3.72. The second-order valence-electron chi connectivity index (χ2n) is 8.62. The van der Waals surface area contributed by atoms with Gasteiger partial charge in [-0.25, -0.2) is 0 Å². The van der Waals surface area contributed by atoms with E-state index in [0.29, 0.717) is 6.04 Å². The molecule has 2 rings (SSSR count). The van der Waals surface area contributed by atoms with Gasteiger partial charge >= 0.3 is 0 Å². The van der Waals surface area contributed by atoms with E-state index in [1.54, 1.807) is 0 Å². The highest BCUT2D eigenvalue weighted by Crippen LogP contribution is 2.35. The molecule has 0 aromatic heterocycles. The molecule has 0 atom stereocenters. The highest BCUT2D eigenvalue weighted by Gasteiger charge is 2.16. The van der Waals surface area contributed by atoms with E-state index in [0.717, 1.165) is 16.8 Å². The van der Waals surface area contributed by atoms with Crippen LogP contribution in [0.5, 0.6) is 0 Å². The monoisotopic (exact) mass is 392 g/mol. The van der Waals surface area contributed by atoms with Crippen molar-refractivity contribution < 1.29 is 4.79 Å². The first-order chi connectivity index (χ1) is 13.5. The van der Waals surface area contributed by atoms with Gasteiger partial charge in [0.15, 0.2) is 0 Å². The third kappa shape index (κ3) is 5.29. The van der Waals surface area contributed by atoms with E-state index >= 15 is 0 Å². The van der Waals surface area contributed by atoms with E-state index in [1.807, 2.05) is 26.8 Å². The molecule has 0 radical (unpaired) electrons. The van der Waals surface area contributed by atoms with Gasteiger partial charge in [0, 0.05) is 23.3 Å². The third-order valence-electron chi connectivity index (χ3n) is 5.45. The van der Waals surface area contributed by atoms with Crippen molar-refractivity contribution >= 4 is 17.7 Å². The Labute approximate surface area is 176 Å². The van der Waals surface area contributed by atoms with E-state index in [4.69, 9.17) is 0 Å². The van der Waals surface area contributed by atoms with Crippen LogP contribution in [-0.4, -0.2) is 18.0 Å². The molecule has 0 aliphatic heterocycles. The molecule has 2 N–H and O–H groups in total. The minimum absolute atomic E-state index is 0.00794. The molecule has 0 spiro atoms. The van der Waals surface area contributed by atoms with Crippen molar-refractivity contribution in [2.24, 2.45) is 0 Å². The molecular formula is C26H36N2O. The summed E-state index contributed by atoms with van der Waals surface area (Å²) in [6.45, 7) is 18.8. The molecular weight excluding hydrogens is 356 g/mol. The Morgan fingerprint density at radius 1 is 0.828 bits per heavy atom. The zero-order valence-corrected chi connectivity index (χ0v) is 19.4. The Morgan fingerprint density at radius 3 is 1.79 bits per heavy atom. The standard InChI is InChI=1S/C26H36N2O/c1-15(2)27-23-12-10-22(11-13-23)25-20(8)18(6)24(19(7)21(25)9)14-17(5)26(29)28-16(3)4/h10-16,27H,1-9H3,(H,28,29)/b17-14+. The molecule has 29 heavy (non-hydrogen) atoms. The molecule has 0 saturated carbocycles. The first-order valence-electron chi connectivity index (χ1n) is 10.5. The summed E-state index contributed by atoms with van der Waals surface area (Å²) in [7, 11) is 0. The van der Waals surface area contributed by atoms with Gasteiger partial charge in [-0.1, -0.05) is 12.1 Å². The van der Waals surface area contributed by atoms with Crippen molar-refractivity contribution in [1.29, 1.82) is 0 Å². The first-order valence-corrected chi connectivity index (χ1v) is 10.5. The lowest BCUT2D eigenvalue weighted by molar-refractivity contribution is -0.117. The zero-order valence-electron chi connectivity index (χ0n) is 19.4. The SMILES string of the molecule is C/C(=C\c1c(C)c(C)c(-c2ccc(NC(C)C)cc2)c(C)c1C)C(=O)NC(C)C. The first kappa shape index (κ1) is 22.7. The van der Waals surface area contributed by atoms with E-state index < -0.39 is 0 Å². The molecule has 1 amide bonds. The highest BCUT2D eigenvalue weighted by atomic mass is 16.1. The van der Waals surface area contributed by atoms with Gasteiger partial charge in [0.25, 0.3) is 0 Å². The normalized spacial score (nSPS) is 11.9. The maximum atomic E-state index is 12.4. The second kappa shape index (κ2) is 9.30. The maximum absolute atomic E-state index is 12.4. The molecule has 0 saturated heterocycles. The van der Waals surface area contributed by atoms with Crippen molar-refractivity contribution in [2.45, 2.75) is 74.4 Å². The number of carbonyl (C=O) groups excluding carboxylic acids is 1. The van der Waals surface area contributed by atoms with Crippen molar-refractivity contribution in [3.63, 3.8) is 0 Å². The Kier molecular flexibility index (Phi) is 7.29. The summed E-state index contributed by atoms with van der Waals surface area (Å²) in [5.74, 6) is -0.00794. The number of carbonyl (C=O) groups is 1. The molecule has 0 aliphatic rings. The van der Waals surface area contributed by atoms with Crippen LogP contribution in [0.25, 0.3) is 17.2 Å². The van der Waals surface area contributed by atoms with Gasteiger partial charge in [0.2, 0.25) is 5.91 Å². The van der Waals surface area contributed by atoms with Gasteiger partial charge in [0.05, 0.1) is 0 Å². The lowest BCUT2D eigenvalue weighted by atomic mass is 9.85. The summed E-state index contributed by atoms with van der Waals surface area (Å²) < 4.78 is 0. The fraction of sp³-hybridized carbons (Fsp3) is 0.423. The summed E-state index contributed by atoms with van der Waals surface area (Å²) in [5.41, 5.74) is 10.5. The third-order valence-corrected chi connectivity index (χ3v) is 5.45. The summed E-state index contributed by atoms with van der Waals surface area (Å²) in [6, 6.07) is 9.22. The van der Waals surface area contributed by atoms with Crippen LogP contribution in [-0.2, 0) is 4.79 Å². The van der Waals surface area contributed by atoms with Gasteiger partial charge in [-0.05, 0) is 119 Å². The molecule has 0 unspecified atom stereocenters. The number of nitrogens with one attached hydrogen (secondary N) is 2. The van der Waals surface area contributed by atoms with Crippen LogP contribution in [0.1, 0.15) is 62.4 Å². The van der Waals surface area contributed by atoms with Crippen molar-refractivity contribution in [3.8, 4) is 11.1 Å². The van der Waals surface area contributed by atoms with Crippen LogP contribution >= 0.6 is 0 Å². The van der Waals surface area contributed by atoms with Crippen LogP contribution in [0.2, 0.25) is 0 Å². The molecule has 0 aliphatic carbocycles. The van der Waals surface area contributed by atoms with E-state index in [1.165, 1.54) is 33.4 Å². The Bertz CT molecular complexity index is 890. The summed E-state index contributed by atoms with van der Waals surface area (Å²) in [5, 5.41) is 6.42. The Balaban J connectivity index is 2.50. The quantitative estimate of drug-likeness (QED) is 0.564. The Hall–Kier alpha value is -2.55. The molecule has 2 aromatic rings. The van der Waals surface area contributed by atoms with Gasteiger partial charge in [-0.3, -0.25) is 4.79 Å². The molecule has 0 bridgehead atoms. The van der Waals surface area contributed by atoms with Crippen LogP contribution in [0.4, 0.5) is 5.69 Å². The minimum Gasteiger partial charge on any atom is -0.383 e. The zero-order chi connectivity index (χ0) is 21.9. The minimum atomic E-state index is -0.00794. The van der Waals surface area contributed by atoms with Crippen LogP contribution in [0.3, 0.4) is 0 Å². The van der Waals surface area contributed by atoms with Gasteiger partial charge < -0.3 is 10.6 Å². The van der Waals surface area contributed by atoms with Crippen molar-refractivity contribution in [3.05, 3.63) is 57.7 Å². The lowest BCUT2D eigenvalue weighted by Crippen LogP contribution is -2.30. The predicted molar refractivity (Wildman–Crippen MR) is 127 cm³/mol. The Morgan fingerprint density at radius 2 is 1.34 bits per heavy atom. The fourth-order valence-electron chi connectivity index (χ4n) is 3.72. The number of anilines is 1. The van der Waals surface area contributed by atoms with Crippen LogP contribution in [0.15, 0.2) is 29.8 Å². The largest absolute Gasteiger partial charge is 0.383 e. The number of hydrogen-bond donors (Lipinski definition) is 2. The number of hydrogen-bond acceptors (Lipinski definition) is 2. The van der Waals surface area contributed by atoms with E-state index in [9.17, 15) is 4.79 Å². The second-order valence-corrected chi connectivity index (χ2v) is 8.62. The molecule has 2 aromatic carbocycles. The average Bonchev–Trinajstić information content (AvgIpc) is 2.64. The summed E-state index contributed by atoms with van der Waals surface area (Å²) in [6.07, 6.45) is 2.03. The maximum Gasteiger partial charge on any atom is 0.247 e. The number of benzene rings is 2. The van der Waals surface area contributed by atoms with Crippen LogP contribution in [0, 0.1) is 27.7 Å². The van der Waals surface area contributed by atoms with Gasteiger partial charge in [0.1, 0.15) is 0 Å². The van der Waals surface area contributed by atoms with Crippen molar-refractivity contribution in [2.75, 3.05) is 5.32 Å². The summed E-state index contributed by atoms with van der Waals surface area (Å²) >= 11 is 0. The highest BCUT2D eigenvalue weighted by molar-refractivity contribution is 5.98. The van der Waals surface area contributed by atoms with E-state index in [2.05, 4.69) is 76.4 Å². The van der Waals surface area contributed by atoms with Gasteiger partial charge in [-0.2, -0.15) is 0 Å². The molecule has 0 fully saturated rings. The van der Waals surface area contributed by atoms with Gasteiger partial charge in [-0.15, -0.1) is 0 Å². The topological polar surface area (TPSA) is 41.1 Å². The lowest BCUT2D eigenvalue weighted by Gasteiger charge is -2.20. The van der Waals surface area contributed by atoms with Crippen molar-refractivity contribution in [1.82, 2.24) is 5.32 Å². The number of amides is 1. The van der Waals surface area contributed by atoms with Crippen LogP contribution < -0.4 is 10.6 Å². The molecule has 156 valence electrons. The predicted octanol–water partition coefficient (Wildman–Crippen LogP) is 6.34. The summed E-state index contributed by atoms with van der Waals surface area (Å²) in [4.78, 5) is 12.4. The number of rotatable bonds is 6. The molecule has 3 nitrogen and oxygen atoms in total. The smallest absolute Gasteiger partial charge is 0.247 e. The molecule has 3 heteroatoms.